The van der Waals surface area contributed by atoms with Crippen molar-refractivity contribution in [1.29, 1.82) is 0 Å². The number of carboxylic acids is 1. The van der Waals surface area contributed by atoms with Gasteiger partial charge in [-0.1, -0.05) is 41.6 Å². The Bertz CT molecular complexity index is 1830. The number of aliphatic carboxylic acids is 1. The molecule has 3 heterocycles. The molecular formula is C33H31N5O5. The largest absolute Gasteiger partial charge is 0.495 e. The fourth-order valence-corrected chi connectivity index (χ4v) is 5.98. The summed E-state index contributed by atoms with van der Waals surface area (Å²) in [5.41, 5.74) is 7.20. The van der Waals surface area contributed by atoms with Crippen LogP contribution in [-0.4, -0.2) is 62.6 Å². The van der Waals surface area contributed by atoms with E-state index in [4.69, 9.17) is 9.47 Å². The number of aromatic nitrogens is 4. The van der Waals surface area contributed by atoms with Crippen LogP contribution in [0.25, 0.3) is 22.3 Å². The first-order chi connectivity index (χ1) is 20.9. The van der Waals surface area contributed by atoms with E-state index in [9.17, 15) is 14.7 Å². The zero-order valence-corrected chi connectivity index (χ0v) is 24.2. The van der Waals surface area contributed by atoms with Gasteiger partial charge in [0.1, 0.15) is 22.5 Å². The van der Waals surface area contributed by atoms with Gasteiger partial charge in [-0.3, -0.25) is 14.6 Å². The lowest BCUT2D eigenvalue weighted by Crippen LogP contribution is -2.36. The van der Waals surface area contributed by atoms with Gasteiger partial charge in [0.15, 0.2) is 0 Å². The van der Waals surface area contributed by atoms with E-state index in [1.165, 1.54) is 0 Å². The maximum atomic E-state index is 13.9. The molecule has 1 aliphatic rings. The smallest absolute Gasteiger partial charge is 0.304 e. The fourth-order valence-electron chi connectivity index (χ4n) is 5.98. The minimum atomic E-state index is -0.905. The van der Waals surface area contributed by atoms with Crippen LogP contribution in [0.15, 0.2) is 72.9 Å². The van der Waals surface area contributed by atoms with Gasteiger partial charge in [0.25, 0.3) is 5.91 Å². The molecule has 1 amide bonds. The van der Waals surface area contributed by atoms with Gasteiger partial charge in [-0.2, -0.15) is 0 Å². The highest BCUT2D eigenvalue weighted by atomic mass is 16.5. The van der Waals surface area contributed by atoms with Crippen LogP contribution >= 0.6 is 0 Å². The molecule has 10 heteroatoms. The number of carbonyl (C=O) groups excluding carboxylic acids is 1. The normalized spacial score (nSPS) is 13.4. The lowest BCUT2D eigenvalue weighted by atomic mass is 9.82. The van der Waals surface area contributed by atoms with Crippen molar-refractivity contribution < 1.29 is 24.2 Å². The highest BCUT2D eigenvalue weighted by molar-refractivity contribution is 6.00. The lowest BCUT2D eigenvalue weighted by Gasteiger charge is -2.32. The Kier molecular flexibility index (Phi) is 7.50. The maximum Gasteiger partial charge on any atom is 0.304 e. The van der Waals surface area contributed by atoms with Crippen molar-refractivity contribution in [3.63, 3.8) is 0 Å². The van der Waals surface area contributed by atoms with Crippen LogP contribution in [-0.2, 0) is 24.8 Å². The monoisotopic (exact) mass is 577 g/mol. The molecule has 5 aromatic rings. The van der Waals surface area contributed by atoms with E-state index in [-0.39, 0.29) is 12.3 Å². The number of fused-ring (bicyclic) bond motifs is 2. The highest BCUT2D eigenvalue weighted by Crippen LogP contribution is 2.38. The number of pyridine rings is 1. The van der Waals surface area contributed by atoms with Crippen molar-refractivity contribution in [2.75, 3.05) is 20.8 Å². The molecule has 1 aliphatic heterocycles. The van der Waals surface area contributed by atoms with Crippen LogP contribution in [0.4, 0.5) is 0 Å². The molecule has 1 N–H and O–H groups in total. The molecule has 0 bridgehead atoms. The van der Waals surface area contributed by atoms with E-state index in [1.807, 2.05) is 71.6 Å². The molecule has 0 radical (unpaired) electrons. The van der Waals surface area contributed by atoms with E-state index >= 15 is 0 Å². The number of carbonyl (C=O) groups is 2. The topological polar surface area (TPSA) is 120 Å². The molecule has 10 nitrogen and oxygen atoms in total. The molecule has 0 saturated heterocycles. The number of aryl methyl sites for hydroxylation is 1. The van der Waals surface area contributed by atoms with Crippen LogP contribution in [0.3, 0.4) is 0 Å². The Hall–Kier alpha value is -5.25. The van der Waals surface area contributed by atoms with Gasteiger partial charge in [0.05, 0.1) is 32.5 Å². The Morgan fingerprint density at radius 2 is 1.86 bits per heavy atom. The van der Waals surface area contributed by atoms with Gasteiger partial charge in [-0.05, 0) is 59.0 Å². The van der Waals surface area contributed by atoms with Crippen molar-refractivity contribution in [3.05, 3.63) is 101 Å². The summed E-state index contributed by atoms with van der Waals surface area (Å²) in [6.45, 7) is 0.915. The van der Waals surface area contributed by atoms with Crippen molar-refractivity contribution >= 4 is 22.9 Å². The summed E-state index contributed by atoms with van der Waals surface area (Å²) >= 11 is 0. The third-order valence-electron chi connectivity index (χ3n) is 8.06. The third-order valence-corrected chi connectivity index (χ3v) is 8.06. The molecule has 0 fully saturated rings. The van der Waals surface area contributed by atoms with Crippen molar-refractivity contribution in [1.82, 2.24) is 24.9 Å². The molecule has 1 unspecified atom stereocenters. The predicted octanol–water partition coefficient (Wildman–Crippen LogP) is 4.85. The third kappa shape index (κ3) is 5.27. The average Bonchev–Trinajstić information content (AvgIpc) is 3.42. The number of hydrogen-bond donors (Lipinski definition) is 1. The van der Waals surface area contributed by atoms with Crippen LogP contribution in [0, 0.1) is 0 Å². The van der Waals surface area contributed by atoms with Crippen LogP contribution in [0.2, 0.25) is 0 Å². The second-order valence-electron chi connectivity index (χ2n) is 10.5. The molecule has 218 valence electrons. The minimum absolute atomic E-state index is 0.0794. The van der Waals surface area contributed by atoms with E-state index in [2.05, 4.69) is 15.3 Å². The number of ether oxygens (including phenoxy) is 2. The van der Waals surface area contributed by atoms with E-state index < -0.39 is 11.9 Å². The molecule has 3 aromatic carbocycles. The molecule has 6 rings (SSSR count). The Balaban J connectivity index is 1.33. The number of amides is 1. The first-order valence-electron chi connectivity index (χ1n) is 14.0. The van der Waals surface area contributed by atoms with Gasteiger partial charge in [-0.25, -0.2) is 4.68 Å². The number of rotatable bonds is 8. The SMILES string of the molecule is COc1ccc(-c2ccccc2C(=O)N2CCc3c(cccc3C(CC(=O)O)c3cc(OC)c4c(c3)nnn4C)C2)nc1. The first-order valence-corrected chi connectivity index (χ1v) is 14.0. The summed E-state index contributed by atoms with van der Waals surface area (Å²) in [5, 5.41) is 18.3. The van der Waals surface area contributed by atoms with Crippen molar-refractivity contribution in [2.24, 2.45) is 7.05 Å². The summed E-state index contributed by atoms with van der Waals surface area (Å²) in [7, 11) is 4.96. The number of carboxylic acid groups (broad SMARTS) is 1. The standard InChI is InChI=1S/C33H31N5O5/c1-37-32-29(35-36-37)15-21(16-30(32)43-3)27(17-31(39)40)24-10-6-7-20-19-38(14-13-23(20)24)33(41)26-9-5-4-8-25(26)28-12-11-22(42-2)18-34-28/h4-12,15-16,18,27H,13-14,17,19H2,1-3H3,(H,39,40). The van der Waals surface area contributed by atoms with Crippen LogP contribution in [0.1, 0.15) is 45.0 Å². The zero-order valence-electron chi connectivity index (χ0n) is 24.2. The van der Waals surface area contributed by atoms with Gasteiger partial charge in [0.2, 0.25) is 0 Å². The van der Waals surface area contributed by atoms with Gasteiger partial charge in [0, 0.05) is 37.2 Å². The van der Waals surface area contributed by atoms with Crippen molar-refractivity contribution in [2.45, 2.75) is 25.3 Å². The maximum absolute atomic E-state index is 13.9. The molecule has 1 atom stereocenters. The molecule has 0 aliphatic carbocycles. The zero-order chi connectivity index (χ0) is 30.1. The molecular weight excluding hydrogens is 546 g/mol. The van der Waals surface area contributed by atoms with Gasteiger partial charge >= 0.3 is 5.97 Å². The van der Waals surface area contributed by atoms with Crippen LogP contribution in [0.5, 0.6) is 11.5 Å². The summed E-state index contributed by atoms with van der Waals surface area (Å²) in [4.78, 5) is 32.3. The first kappa shape index (κ1) is 27.9. The number of nitrogens with zero attached hydrogens (tertiary/aromatic N) is 5. The minimum Gasteiger partial charge on any atom is -0.495 e. The lowest BCUT2D eigenvalue weighted by molar-refractivity contribution is -0.137. The van der Waals surface area contributed by atoms with Gasteiger partial charge < -0.3 is 19.5 Å². The van der Waals surface area contributed by atoms with Crippen molar-refractivity contribution in [3.8, 4) is 22.8 Å². The number of hydrogen-bond acceptors (Lipinski definition) is 7. The average molecular weight is 578 g/mol. The summed E-state index contributed by atoms with van der Waals surface area (Å²) in [6, 6.07) is 20.9. The van der Waals surface area contributed by atoms with E-state index in [0.29, 0.717) is 47.8 Å². The fraction of sp³-hybridized carbons (Fsp3) is 0.242. The number of methoxy groups -OCH3 is 2. The molecule has 0 spiro atoms. The predicted molar refractivity (Wildman–Crippen MR) is 160 cm³/mol. The highest BCUT2D eigenvalue weighted by Gasteiger charge is 2.29. The quantitative estimate of drug-likeness (QED) is 0.278. The Morgan fingerprint density at radius 1 is 1.02 bits per heavy atom. The van der Waals surface area contributed by atoms with E-state index in [0.717, 1.165) is 33.3 Å². The molecule has 43 heavy (non-hydrogen) atoms. The second kappa shape index (κ2) is 11.6. The van der Waals surface area contributed by atoms with E-state index in [1.54, 1.807) is 32.1 Å². The summed E-state index contributed by atoms with van der Waals surface area (Å²) < 4.78 is 12.5. The van der Waals surface area contributed by atoms with Gasteiger partial charge in [-0.15, -0.1) is 5.10 Å². The molecule has 2 aromatic heterocycles. The molecule has 0 saturated carbocycles. The Labute approximate surface area is 248 Å². The number of benzene rings is 3. The Morgan fingerprint density at radius 3 is 2.60 bits per heavy atom. The van der Waals surface area contributed by atoms with Crippen LogP contribution < -0.4 is 9.47 Å². The summed E-state index contributed by atoms with van der Waals surface area (Å²) in [5.74, 6) is -0.188. The second-order valence-corrected chi connectivity index (χ2v) is 10.5. The summed E-state index contributed by atoms with van der Waals surface area (Å²) in [6.07, 6.45) is 2.14.